The standard InChI is InChI=1S/C21H24N6O2S/c1-13-11-17(27-26-13)24-18-15-7-5-6-8-16(15)23-19(25-18)30-10-9-14(12-30)22-20(28)29-21(2,3)4/h5-12,30H,1-4H3,(H,22,28)(H2,23,24,25,26,27). The van der Waals surface area contributed by atoms with E-state index < -0.39 is 22.6 Å². The highest BCUT2D eigenvalue weighted by Gasteiger charge is 2.19. The van der Waals surface area contributed by atoms with Gasteiger partial charge in [0.25, 0.3) is 0 Å². The number of para-hydroxylation sites is 1. The van der Waals surface area contributed by atoms with Gasteiger partial charge in [-0.15, -0.1) is 10.9 Å². The maximum absolute atomic E-state index is 12.0. The Morgan fingerprint density at radius 3 is 2.73 bits per heavy atom. The molecule has 0 saturated carbocycles. The molecule has 0 saturated heterocycles. The van der Waals surface area contributed by atoms with Crippen molar-refractivity contribution in [3.05, 3.63) is 58.6 Å². The zero-order valence-electron chi connectivity index (χ0n) is 17.2. The first-order valence-corrected chi connectivity index (χ1v) is 11.0. The Morgan fingerprint density at radius 2 is 2.00 bits per heavy atom. The third-order valence-corrected chi connectivity index (χ3v) is 5.81. The van der Waals surface area contributed by atoms with E-state index in [2.05, 4.69) is 20.8 Å². The molecule has 0 aliphatic carbocycles. The second-order valence-corrected chi connectivity index (χ2v) is 9.64. The van der Waals surface area contributed by atoms with E-state index in [4.69, 9.17) is 14.7 Å². The number of carbonyl (C=O) groups is 1. The molecule has 9 heteroatoms. The number of nitrogens with one attached hydrogen (secondary N) is 3. The van der Waals surface area contributed by atoms with Gasteiger partial charge in [-0.3, -0.25) is 10.4 Å². The molecule has 1 amide bonds. The van der Waals surface area contributed by atoms with E-state index in [0.29, 0.717) is 16.7 Å². The molecule has 30 heavy (non-hydrogen) atoms. The van der Waals surface area contributed by atoms with E-state index in [1.54, 1.807) is 0 Å². The summed E-state index contributed by atoms with van der Waals surface area (Å²) >= 11 is 0. The Bertz CT molecular complexity index is 1160. The van der Waals surface area contributed by atoms with Crippen molar-refractivity contribution in [3.63, 3.8) is 0 Å². The number of H-pyrrole nitrogens is 1. The molecule has 0 radical (unpaired) electrons. The molecule has 1 aliphatic rings. The van der Waals surface area contributed by atoms with E-state index in [1.165, 1.54) is 0 Å². The number of fused-ring (bicyclic) bond motifs is 1. The molecule has 1 aromatic carbocycles. The first-order chi connectivity index (χ1) is 14.3. The fraction of sp³-hybridized carbons (Fsp3) is 0.238. The number of hydrogen-bond acceptors (Lipinski definition) is 6. The number of anilines is 2. The SMILES string of the molecule is Cc1cc(Nc2nc([SH]3C=CC(NC(=O)OC(C)(C)C)=C3)nc3ccccc23)[nH]n1. The maximum Gasteiger partial charge on any atom is 0.412 e. The zero-order chi connectivity index (χ0) is 21.3. The molecule has 0 spiro atoms. The summed E-state index contributed by atoms with van der Waals surface area (Å²) in [6.07, 6.45) is 1.38. The van der Waals surface area contributed by atoms with Crippen LogP contribution in [0, 0.1) is 6.92 Å². The van der Waals surface area contributed by atoms with Crippen molar-refractivity contribution in [3.8, 4) is 0 Å². The van der Waals surface area contributed by atoms with E-state index in [1.807, 2.05) is 74.9 Å². The highest BCUT2D eigenvalue weighted by Crippen LogP contribution is 2.43. The smallest absolute Gasteiger partial charge is 0.412 e. The van der Waals surface area contributed by atoms with Crippen LogP contribution in [0.1, 0.15) is 26.5 Å². The largest absolute Gasteiger partial charge is 0.444 e. The summed E-state index contributed by atoms with van der Waals surface area (Å²) in [6, 6.07) is 9.76. The van der Waals surface area contributed by atoms with Gasteiger partial charge in [-0.2, -0.15) is 5.10 Å². The average Bonchev–Trinajstić information content (AvgIpc) is 3.29. The van der Waals surface area contributed by atoms with Crippen molar-refractivity contribution in [2.45, 2.75) is 38.5 Å². The monoisotopic (exact) mass is 424 g/mol. The fourth-order valence-electron chi connectivity index (χ4n) is 2.90. The van der Waals surface area contributed by atoms with Gasteiger partial charge in [0.2, 0.25) is 0 Å². The zero-order valence-corrected chi connectivity index (χ0v) is 18.1. The molecule has 0 fully saturated rings. The number of amides is 1. The Balaban J connectivity index is 1.61. The van der Waals surface area contributed by atoms with Gasteiger partial charge in [0.15, 0.2) is 5.16 Å². The molecular weight excluding hydrogens is 400 g/mol. The lowest BCUT2D eigenvalue weighted by Crippen LogP contribution is -2.31. The summed E-state index contributed by atoms with van der Waals surface area (Å²) in [7, 11) is -0.903. The van der Waals surface area contributed by atoms with Crippen LogP contribution in [0.5, 0.6) is 0 Å². The van der Waals surface area contributed by atoms with Gasteiger partial charge in [0, 0.05) is 17.1 Å². The highest BCUT2D eigenvalue weighted by atomic mass is 32.2. The number of nitrogens with zero attached hydrogens (tertiary/aromatic N) is 3. The second-order valence-electron chi connectivity index (χ2n) is 7.87. The van der Waals surface area contributed by atoms with Crippen molar-refractivity contribution in [2.24, 2.45) is 0 Å². The molecule has 0 bridgehead atoms. The van der Waals surface area contributed by atoms with Crippen LogP contribution in [-0.4, -0.2) is 31.9 Å². The van der Waals surface area contributed by atoms with Crippen molar-refractivity contribution in [1.29, 1.82) is 0 Å². The molecule has 3 heterocycles. The Labute approximate surface area is 177 Å². The number of aromatic amines is 1. The van der Waals surface area contributed by atoms with Crippen LogP contribution in [0.3, 0.4) is 0 Å². The van der Waals surface area contributed by atoms with Gasteiger partial charge in [-0.1, -0.05) is 12.1 Å². The second kappa shape index (κ2) is 7.83. The summed E-state index contributed by atoms with van der Waals surface area (Å²) in [4.78, 5) is 21.6. The Morgan fingerprint density at radius 1 is 1.20 bits per heavy atom. The van der Waals surface area contributed by atoms with Crippen LogP contribution in [0.15, 0.2) is 58.1 Å². The fourth-order valence-corrected chi connectivity index (χ4v) is 4.45. The van der Waals surface area contributed by atoms with E-state index in [0.717, 1.165) is 22.4 Å². The molecule has 1 unspecified atom stereocenters. The molecule has 3 aromatic rings. The van der Waals surface area contributed by atoms with Crippen molar-refractivity contribution in [2.75, 3.05) is 5.32 Å². The Hall–Kier alpha value is -3.33. The highest BCUT2D eigenvalue weighted by molar-refractivity contribution is 8.22. The van der Waals surface area contributed by atoms with Gasteiger partial charge in [0.05, 0.1) is 11.2 Å². The van der Waals surface area contributed by atoms with Crippen LogP contribution >= 0.6 is 10.9 Å². The minimum Gasteiger partial charge on any atom is -0.444 e. The molecule has 4 rings (SSSR count). The molecule has 8 nitrogen and oxygen atoms in total. The first kappa shape index (κ1) is 20.0. The number of benzene rings is 1. The summed E-state index contributed by atoms with van der Waals surface area (Å²) in [5.74, 6) is 1.47. The quantitative estimate of drug-likeness (QED) is 0.359. The summed E-state index contributed by atoms with van der Waals surface area (Å²) in [5.41, 5.74) is 1.87. The minimum absolute atomic E-state index is 0.480. The number of ether oxygens (including phenoxy) is 1. The predicted octanol–water partition coefficient (Wildman–Crippen LogP) is 4.66. The number of carbonyl (C=O) groups excluding carboxylic acids is 1. The number of rotatable bonds is 4. The van der Waals surface area contributed by atoms with Gasteiger partial charge in [-0.05, 0) is 56.7 Å². The summed E-state index contributed by atoms with van der Waals surface area (Å²) in [5, 5.41) is 18.8. The van der Waals surface area contributed by atoms with Gasteiger partial charge in [-0.25, -0.2) is 14.8 Å². The van der Waals surface area contributed by atoms with Gasteiger partial charge < -0.3 is 10.1 Å². The van der Waals surface area contributed by atoms with E-state index >= 15 is 0 Å². The molecule has 1 atom stereocenters. The van der Waals surface area contributed by atoms with Crippen molar-refractivity contribution in [1.82, 2.24) is 25.5 Å². The average molecular weight is 425 g/mol. The number of alkyl carbamates (subject to hydrolysis) is 1. The number of aromatic nitrogens is 4. The molecule has 2 aromatic heterocycles. The van der Waals surface area contributed by atoms with Gasteiger partial charge in [0.1, 0.15) is 17.2 Å². The normalized spacial score (nSPS) is 17.1. The summed E-state index contributed by atoms with van der Waals surface area (Å²) in [6.45, 7) is 7.41. The number of aryl methyl sites for hydroxylation is 1. The van der Waals surface area contributed by atoms with Crippen LogP contribution in [0.25, 0.3) is 10.9 Å². The molecule has 3 N–H and O–H groups in total. The molecule has 1 aliphatic heterocycles. The van der Waals surface area contributed by atoms with Crippen LogP contribution in [0.2, 0.25) is 0 Å². The lowest BCUT2D eigenvalue weighted by molar-refractivity contribution is 0.0548. The molecular formula is C21H24N6O2S. The topological polar surface area (TPSA) is 105 Å². The summed E-state index contributed by atoms with van der Waals surface area (Å²) < 4.78 is 5.32. The minimum atomic E-state index is -0.903. The lowest BCUT2D eigenvalue weighted by atomic mass is 10.2. The van der Waals surface area contributed by atoms with Crippen molar-refractivity contribution < 1.29 is 9.53 Å². The van der Waals surface area contributed by atoms with E-state index in [9.17, 15) is 4.79 Å². The van der Waals surface area contributed by atoms with Crippen molar-refractivity contribution >= 4 is 39.5 Å². The van der Waals surface area contributed by atoms with E-state index in [-0.39, 0.29) is 0 Å². The van der Waals surface area contributed by atoms with Gasteiger partial charge >= 0.3 is 6.09 Å². The number of hydrogen-bond donors (Lipinski definition) is 4. The maximum atomic E-state index is 12.0. The van der Waals surface area contributed by atoms with Crippen LogP contribution in [0.4, 0.5) is 16.4 Å². The number of thiol groups is 1. The lowest BCUT2D eigenvalue weighted by Gasteiger charge is -2.19. The predicted molar refractivity (Wildman–Crippen MR) is 120 cm³/mol. The third-order valence-electron chi connectivity index (χ3n) is 4.12. The first-order valence-electron chi connectivity index (χ1n) is 9.51. The molecule has 156 valence electrons. The Kier molecular flexibility index (Phi) is 5.21. The van der Waals surface area contributed by atoms with Crippen LogP contribution < -0.4 is 10.6 Å². The third kappa shape index (κ3) is 4.62. The number of allylic oxidation sites excluding steroid dienone is 1. The van der Waals surface area contributed by atoms with Crippen LogP contribution in [-0.2, 0) is 4.74 Å².